The van der Waals surface area contributed by atoms with E-state index in [2.05, 4.69) is 0 Å². The Morgan fingerprint density at radius 2 is 1.71 bits per heavy atom. The van der Waals surface area contributed by atoms with E-state index in [1.54, 1.807) is 48.5 Å². The van der Waals surface area contributed by atoms with Crippen molar-refractivity contribution in [3.8, 4) is 0 Å². The molecule has 1 amide bonds. The van der Waals surface area contributed by atoms with Crippen LogP contribution in [0.3, 0.4) is 0 Å². The summed E-state index contributed by atoms with van der Waals surface area (Å²) >= 11 is 0. The van der Waals surface area contributed by atoms with Crippen molar-refractivity contribution in [3.05, 3.63) is 77.1 Å². The fourth-order valence-corrected chi connectivity index (χ4v) is 3.44. The molecule has 0 aliphatic carbocycles. The number of carbonyl (C=O) groups is 2. The molecule has 2 aromatic carbocycles. The zero-order valence-electron chi connectivity index (χ0n) is 15.9. The SMILES string of the molecule is CN(C)CCCN1C(=O)C(=O)C(=C(O)c2ccccc2)[C@@H]1c1ccccc1F. The van der Waals surface area contributed by atoms with E-state index in [1.165, 1.54) is 11.0 Å². The van der Waals surface area contributed by atoms with Crippen LogP contribution in [0.15, 0.2) is 60.2 Å². The molecule has 2 aromatic rings. The predicted molar refractivity (Wildman–Crippen MR) is 105 cm³/mol. The van der Waals surface area contributed by atoms with Crippen LogP contribution in [0.2, 0.25) is 0 Å². The summed E-state index contributed by atoms with van der Waals surface area (Å²) in [6.45, 7) is 0.999. The van der Waals surface area contributed by atoms with Crippen molar-refractivity contribution in [1.82, 2.24) is 9.80 Å². The number of likely N-dealkylation sites (tertiary alicyclic amines) is 1. The number of ketones is 1. The molecule has 1 fully saturated rings. The van der Waals surface area contributed by atoms with Crippen LogP contribution in [0, 0.1) is 5.82 Å². The van der Waals surface area contributed by atoms with Gasteiger partial charge in [0.1, 0.15) is 11.6 Å². The molecule has 1 aliphatic rings. The van der Waals surface area contributed by atoms with Crippen molar-refractivity contribution in [1.29, 1.82) is 0 Å². The molecule has 1 atom stereocenters. The minimum Gasteiger partial charge on any atom is -0.507 e. The summed E-state index contributed by atoms with van der Waals surface area (Å²) in [5, 5.41) is 10.8. The van der Waals surface area contributed by atoms with E-state index in [1.807, 2.05) is 19.0 Å². The summed E-state index contributed by atoms with van der Waals surface area (Å²) in [4.78, 5) is 28.8. The largest absolute Gasteiger partial charge is 0.507 e. The lowest BCUT2D eigenvalue weighted by Crippen LogP contribution is -2.32. The topological polar surface area (TPSA) is 60.9 Å². The molecule has 1 saturated heterocycles. The summed E-state index contributed by atoms with van der Waals surface area (Å²) in [5.74, 6) is -2.32. The monoisotopic (exact) mass is 382 g/mol. The Morgan fingerprint density at radius 1 is 1.07 bits per heavy atom. The lowest BCUT2D eigenvalue weighted by atomic mass is 9.95. The van der Waals surface area contributed by atoms with Crippen molar-refractivity contribution in [2.45, 2.75) is 12.5 Å². The summed E-state index contributed by atoms with van der Waals surface area (Å²) < 4.78 is 14.6. The van der Waals surface area contributed by atoms with Gasteiger partial charge in [-0.1, -0.05) is 48.5 Å². The number of benzene rings is 2. The molecule has 28 heavy (non-hydrogen) atoms. The van der Waals surface area contributed by atoms with Gasteiger partial charge in [-0.15, -0.1) is 0 Å². The first-order valence-corrected chi connectivity index (χ1v) is 9.14. The van der Waals surface area contributed by atoms with E-state index in [0.29, 0.717) is 18.5 Å². The van der Waals surface area contributed by atoms with E-state index in [0.717, 1.165) is 0 Å². The number of hydrogen-bond donors (Lipinski definition) is 1. The maximum absolute atomic E-state index is 14.6. The molecule has 1 aliphatic heterocycles. The molecule has 0 unspecified atom stereocenters. The molecule has 0 spiro atoms. The van der Waals surface area contributed by atoms with E-state index in [9.17, 15) is 19.1 Å². The first kappa shape index (κ1) is 19.8. The standard InChI is InChI=1S/C22H23FN2O3/c1-24(2)13-8-14-25-19(16-11-6-7-12-17(16)23)18(21(27)22(25)28)20(26)15-9-4-3-5-10-15/h3-7,9-12,19,26H,8,13-14H2,1-2H3/t19-/m0/s1. The molecule has 146 valence electrons. The maximum atomic E-state index is 14.6. The fraction of sp³-hybridized carbons (Fsp3) is 0.273. The van der Waals surface area contributed by atoms with Gasteiger partial charge in [-0.05, 0) is 33.1 Å². The lowest BCUT2D eigenvalue weighted by Gasteiger charge is -2.26. The Morgan fingerprint density at radius 3 is 2.36 bits per heavy atom. The molecule has 6 heteroatoms. The zero-order valence-corrected chi connectivity index (χ0v) is 15.9. The highest BCUT2D eigenvalue weighted by molar-refractivity contribution is 6.46. The molecular weight excluding hydrogens is 359 g/mol. The van der Waals surface area contributed by atoms with Crippen LogP contribution in [0.4, 0.5) is 4.39 Å². The molecule has 5 nitrogen and oxygen atoms in total. The number of halogens is 1. The second kappa shape index (κ2) is 8.35. The van der Waals surface area contributed by atoms with Crippen molar-refractivity contribution in [2.75, 3.05) is 27.2 Å². The third-order valence-electron chi connectivity index (χ3n) is 4.79. The van der Waals surface area contributed by atoms with Crippen LogP contribution in [0.5, 0.6) is 0 Å². The Labute approximate surface area is 163 Å². The second-order valence-corrected chi connectivity index (χ2v) is 7.04. The number of rotatable bonds is 6. The highest BCUT2D eigenvalue weighted by atomic mass is 19.1. The van der Waals surface area contributed by atoms with E-state index in [-0.39, 0.29) is 23.4 Å². The molecule has 0 aromatic heterocycles. The van der Waals surface area contributed by atoms with Crippen molar-refractivity contribution in [3.63, 3.8) is 0 Å². The summed E-state index contributed by atoms with van der Waals surface area (Å²) in [7, 11) is 3.83. The smallest absolute Gasteiger partial charge is 0.295 e. The number of carbonyl (C=O) groups excluding carboxylic acids is 2. The Hall–Kier alpha value is -2.99. The fourth-order valence-electron chi connectivity index (χ4n) is 3.44. The third-order valence-corrected chi connectivity index (χ3v) is 4.79. The van der Waals surface area contributed by atoms with Crippen LogP contribution >= 0.6 is 0 Å². The highest BCUT2D eigenvalue weighted by Crippen LogP contribution is 2.40. The molecule has 0 bridgehead atoms. The molecule has 1 heterocycles. The maximum Gasteiger partial charge on any atom is 0.295 e. The average molecular weight is 382 g/mol. The van der Waals surface area contributed by atoms with Crippen molar-refractivity contribution >= 4 is 17.4 Å². The van der Waals surface area contributed by atoms with Crippen molar-refractivity contribution < 1.29 is 19.1 Å². The molecule has 0 saturated carbocycles. The van der Waals surface area contributed by atoms with Gasteiger partial charge in [-0.3, -0.25) is 9.59 Å². The Balaban J connectivity index is 2.10. The quantitative estimate of drug-likeness (QED) is 0.474. The molecule has 1 N–H and O–H groups in total. The molecule has 0 radical (unpaired) electrons. The lowest BCUT2D eigenvalue weighted by molar-refractivity contribution is -0.140. The normalized spacial score (nSPS) is 18.9. The van der Waals surface area contributed by atoms with E-state index >= 15 is 0 Å². The molecular formula is C22H23FN2O3. The van der Waals surface area contributed by atoms with Crippen LogP contribution in [-0.4, -0.2) is 53.8 Å². The molecule has 3 rings (SSSR count). The van der Waals surface area contributed by atoms with E-state index < -0.39 is 23.5 Å². The minimum absolute atomic E-state index is 0.0776. The number of aliphatic hydroxyl groups is 1. The van der Waals surface area contributed by atoms with Gasteiger partial charge < -0.3 is 14.9 Å². The van der Waals surface area contributed by atoms with Crippen molar-refractivity contribution in [2.24, 2.45) is 0 Å². The van der Waals surface area contributed by atoms with Gasteiger partial charge in [-0.25, -0.2) is 4.39 Å². The van der Waals surface area contributed by atoms with Crippen LogP contribution < -0.4 is 0 Å². The highest BCUT2D eigenvalue weighted by Gasteiger charge is 2.46. The van der Waals surface area contributed by atoms with Gasteiger partial charge in [0.2, 0.25) is 0 Å². The first-order chi connectivity index (χ1) is 13.4. The summed E-state index contributed by atoms with van der Waals surface area (Å²) in [6, 6.07) is 13.6. The second-order valence-electron chi connectivity index (χ2n) is 7.04. The number of aliphatic hydroxyl groups excluding tert-OH is 1. The number of nitrogens with zero attached hydrogens (tertiary/aromatic N) is 2. The van der Waals surface area contributed by atoms with E-state index in [4.69, 9.17) is 0 Å². The van der Waals surface area contributed by atoms with Gasteiger partial charge in [0, 0.05) is 17.7 Å². The van der Waals surface area contributed by atoms with Crippen LogP contribution in [0.1, 0.15) is 23.6 Å². The minimum atomic E-state index is -0.955. The van der Waals surface area contributed by atoms with Gasteiger partial charge in [0.25, 0.3) is 11.7 Å². The zero-order chi connectivity index (χ0) is 20.3. The summed E-state index contributed by atoms with van der Waals surface area (Å²) in [5.41, 5.74) is 0.533. The third kappa shape index (κ3) is 3.82. The Kier molecular flexibility index (Phi) is 5.90. The van der Waals surface area contributed by atoms with Gasteiger partial charge >= 0.3 is 0 Å². The first-order valence-electron chi connectivity index (χ1n) is 9.14. The predicted octanol–water partition coefficient (Wildman–Crippen LogP) is 3.20. The van der Waals surface area contributed by atoms with Crippen LogP contribution in [0.25, 0.3) is 5.76 Å². The number of Topliss-reactive ketones (excluding diaryl/α,β-unsaturated/α-hetero) is 1. The van der Waals surface area contributed by atoms with Gasteiger partial charge in [0.05, 0.1) is 11.6 Å². The number of amides is 1. The Bertz CT molecular complexity index is 909. The van der Waals surface area contributed by atoms with Gasteiger partial charge in [-0.2, -0.15) is 0 Å². The van der Waals surface area contributed by atoms with Crippen LogP contribution in [-0.2, 0) is 9.59 Å². The van der Waals surface area contributed by atoms with Gasteiger partial charge in [0.15, 0.2) is 0 Å². The summed E-state index contributed by atoms with van der Waals surface area (Å²) in [6.07, 6.45) is 0.621. The average Bonchev–Trinajstić information content (AvgIpc) is 2.93. The number of hydrogen-bond acceptors (Lipinski definition) is 4.